The topological polar surface area (TPSA) is 42.7 Å². The van der Waals surface area contributed by atoms with Gasteiger partial charge in [0, 0.05) is 13.1 Å². The fraction of sp³-hybridized carbons (Fsp3) is 0.450. The number of amides is 1. The highest BCUT2D eigenvalue weighted by Gasteiger charge is 2.25. The number of carbonyl (C=O) groups excluding carboxylic acids is 1. The predicted octanol–water partition coefficient (Wildman–Crippen LogP) is 4.08. The van der Waals surface area contributed by atoms with Crippen molar-refractivity contribution in [3.8, 4) is 5.75 Å². The Labute approximate surface area is 143 Å². The lowest BCUT2D eigenvalue weighted by atomic mass is 9.90. The van der Waals surface area contributed by atoms with Crippen LogP contribution in [0.3, 0.4) is 0 Å². The first-order valence-corrected chi connectivity index (χ1v) is 8.64. The highest BCUT2D eigenvalue weighted by molar-refractivity contribution is 5.91. The average Bonchev–Trinajstić information content (AvgIpc) is 3.06. The van der Waals surface area contributed by atoms with Crippen molar-refractivity contribution in [2.24, 2.45) is 5.92 Å². The van der Waals surface area contributed by atoms with E-state index in [1.54, 1.807) is 13.2 Å². The maximum absolute atomic E-state index is 12.4. The molecule has 3 rings (SSSR count). The summed E-state index contributed by atoms with van der Waals surface area (Å²) in [7, 11) is 1.69. The van der Waals surface area contributed by atoms with E-state index in [1.165, 1.54) is 12.0 Å². The fourth-order valence-corrected chi connectivity index (χ4v) is 3.29. The quantitative estimate of drug-likeness (QED) is 0.831. The number of aryl methyl sites for hydroxylation is 2. The molecule has 0 spiro atoms. The van der Waals surface area contributed by atoms with E-state index in [4.69, 9.17) is 9.15 Å². The van der Waals surface area contributed by atoms with Gasteiger partial charge in [0.2, 0.25) is 0 Å². The van der Waals surface area contributed by atoms with Crippen molar-refractivity contribution in [2.45, 2.75) is 32.6 Å². The molecule has 128 valence electrons. The molecule has 1 aliphatic rings. The van der Waals surface area contributed by atoms with E-state index >= 15 is 0 Å². The summed E-state index contributed by atoms with van der Waals surface area (Å²) in [6.07, 6.45) is 4.40. The van der Waals surface area contributed by atoms with Gasteiger partial charge in [0.25, 0.3) is 5.91 Å². The van der Waals surface area contributed by atoms with Crippen LogP contribution in [0, 0.1) is 12.8 Å². The van der Waals surface area contributed by atoms with Crippen molar-refractivity contribution in [1.82, 2.24) is 4.90 Å². The minimum absolute atomic E-state index is 0.0247. The SMILES string of the molecule is COc1ccc(CCC2CCN(C(=O)c3ccc(C)o3)CC2)cc1. The minimum atomic E-state index is 0.0247. The third-order valence-corrected chi connectivity index (χ3v) is 4.85. The molecule has 0 saturated carbocycles. The zero-order chi connectivity index (χ0) is 16.9. The van der Waals surface area contributed by atoms with E-state index < -0.39 is 0 Å². The van der Waals surface area contributed by atoms with Crippen LogP contribution in [0.4, 0.5) is 0 Å². The Morgan fingerprint density at radius 1 is 1.17 bits per heavy atom. The molecule has 0 aliphatic carbocycles. The molecule has 4 nitrogen and oxygen atoms in total. The average molecular weight is 327 g/mol. The number of piperidine rings is 1. The molecule has 1 amide bonds. The molecule has 1 aromatic heterocycles. The summed E-state index contributed by atoms with van der Waals surface area (Å²) in [5.74, 6) is 2.86. The van der Waals surface area contributed by atoms with Gasteiger partial charge in [0.1, 0.15) is 11.5 Å². The van der Waals surface area contributed by atoms with Gasteiger partial charge in [-0.15, -0.1) is 0 Å². The smallest absolute Gasteiger partial charge is 0.289 e. The second kappa shape index (κ2) is 7.56. The summed E-state index contributed by atoms with van der Waals surface area (Å²) in [5.41, 5.74) is 1.35. The summed E-state index contributed by atoms with van der Waals surface area (Å²) in [4.78, 5) is 14.3. The van der Waals surface area contributed by atoms with Crippen LogP contribution in [0.2, 0.25) is 0 Å². The van der Waals surface area contributed by atoms with Crippen LogP contribution in [0.1, 0.15) is 41.1 Å². The maximum atomic E-state index is 12.4. The Morgan fingerprint density at radius 2 is 1.88 bits per heavy atom. The molecule has 24 heavy (non-hydrogen) atoms. The Balaban J connectivity index is 1.45. The molecule has 1 aliphatic heterocycles. The van der Waals surface area contributed by atoms with Crippen molar-refractivity contribution in [1.29, 1.82) is 0 Å². The van der Waals surface area contributed by atoms with Crippen molar-refractivity contribution in [3.05, 3.63) is 53.5 Å². The van der Waals surface area contributed by atoms with Gasteiger partial charge in [-0.1, -0.05) is 12.1 Å². The first-order chi connectivity index (χ1) is 11.7. The molecule has 0 atom stereocenters. The molecule has 2 heterocycles. The van der Waals surface area contributed by atoms with Gasteiger partial charge in [-0.3, -0.25) is 4.79 Å². The third kappa shape index (κ3) is 3.99. The molecule has 2 aromatic rings. The molecule has 1 aromatic carbocycles. The van der Waals surface area contributed by atoms with Gasteiger partial charge >= 0.3 is 0 Å². The molecule has 0 N–H and O–H groups in total. The zero-order valence-electron chi connectivity index (χ0n) is 14.5. The normalized spacial score (nSPS) is 15.5. The lowest BCUT2D eigenvalue weighted by Gasteiger charge is -2.31. The number of nitrogens with zero attached hydrogens (tertiary/aromatic N) is 1. The lowest BCUT2D eigenvalue weighted by Crippen LogP contribution is -2.38. The van der Waals surface area contributed by atoms with E-state index in [2.05, 4.69) is 12.1 Å². The molecule has 1 fully saturated rings. The molecule has 1 saturated heterocycles. The zero-order valence-corrected chi connectivity index (χ0v) is 14.5. The minimum Gasteiger partial charge on any atom is -0.497 e. The van der Waals surface area contributed by atoms with E-state index in [0.29, 0.717) is 11.7 Å². The first kappa shape index (κ1) is 16.6. The van der Waals surface area contributed by atoms with Crippen molar-refractivity contribution in [2.75, 3.05) is 20.2 Å². The van der Waals surface area contributed by atoms with Crippen molar-refractivity contribution >= 4 is 5.91 Å². The second-order valence-corrected chi connectivity index (χ2v) is 6.53. The van der Waals surface area contributed by atoms with Crippen LogP contribution in [0.5, 0.6) is 5.75 Å². The standard InChI is InChI=1S/C20H25NO3/c1-15-3-10-19(24-15)20(22)21-13-11-17(12-14-21)5-4-16-6-8-18(23-2)9-7-16/h3,6-10,17H,4-5,11-14H2,1-2H3. The number of methoxy groups -OCH3 is 1. The van der Waals surface area contributed by atoms with E-state index in [-0.39, 0.29) is 5.91 Å². The Hall–Kier alpha value is -2.23. The summed E-state index contributed by atoms with van der Waals surface area (Å²) in [5, 5.41) is 0. The number of benzene rings is 1. The summed E-state index contributed by atoms with van der Waals surface area (Å²) < 4.78 is 10.6. The van der Waals surface area contributed by atoms with Gasteiger partial charge in [-0.05, 0) is 68.4 Å². The van der Waals surface area contributed by atoms with E-state index in [1.807, 2.05) is 30.0 Å². The Bertz CT molecular complexity index is 666. The highest BCUT2D eigenvalue weighted by atomic mass is 16.5. The predicted molar refractivity (Wildman–Crippen MR) is 93.4 cm³/mol. The molecular formula is C20H25NO3. The molecule has 0 unspecified atom stereocenters. The number of rotatable bonds is 5. The van der Waals surface area contributed by atoms with Gasteiger partial charge in [-0.2, -0.15) is 0 Å². The number of furan rings is 1. The highest BCUT2D eigenvalue weighted by Crippen LogP contribution is 2.24. The van der Waals surface area contributed by atoms with Crippen LogP contribution in [-0.4, -0.2) is 31.0 Å². The number of likely N-dealkylation sites (tertiary alicyclic amines) is 1. The molecular weight excluding hydrogens is 302 g/mol. The maximum Gasteiger partial charge on any atom is 0.289 e. The van der Waals surface area contributed by atoms with Crippen LogP contribution in [0.15, 0.2) is 40.8 Å². The van der Waals surface area contributed by atoms with E-state index in [0.717, 1.165) is 43.9 Å². The summed E-state index contributed by atoms with van der Waals surface area (Å²) in [6, 6.07) is 11.9. The van der Waals surface area contributed by atoms with Crippen LogP contribution < -0.4 is 4.74 Å². The summed E-state index contributed by atoms with van der Waals surface area (Å²) in [6.45, 7) is 3.51. The number of hydrogen-bond acceptors (Lipinski definition) is 3. The van der Waals surface area contributed by atoms with Crippen LogP contribution >= 0.6 is 0 Å². The molecule has 0 bridgehead atoms. The van der Waals surface area contributed by atoms with E-state index in [9.17, 15) is 4.79 Å². The monoisotopic (exact) mass is 327 g/mol. The second-order valence-electron chi connectivity index (χ2n) is 6.53. The Morgan fingerprint density at radius 3 is 2.46 bits per heavy atom. The summed E-state index contributed by atoms with van der Waals surface area (Å²) >= 11 is 0. The van der Waals surface area contributed by atoms with Gasteiger partial charge in [0.15, 0.2) is 5.76 Å². The fourth-order valence-electron chi connectivity index (χ4n) is 3.29. The third-order valence-electron chi connectivity index (χ3n) is 4.85. The first-order valence-electron chi connectivity index (χ1n) is 8.64. The van der Waals surface area contributed by atoms with Crippen molar-refractivity contribution in [3.63, 3.8) is 0 Å². The van der Waals surface area contributed by atoms with Gasteiger partial charge < -0.3 is 14.1 Å². The van der Waals surface area contributed by atoms with Crippen LogP contribution in [-0.2, 0) is 6.42 Å². The molecule has 4 heteroatoms. The largest absolute Gasteiger partial charge is 0.497 e. The number of hydrogen-bond donors (Lipinski definition) is 0. The Kier molecular flexibility index (Phi) is 5.24. The number of ether oxygens (including phenoxy) is 1. The van der Waals surface area contributed by atoms with Gasteiger partial charge in [-0.25, -0.2) is 0 Å². The molecule has 0 radical (unpaired) electrons. The van der Waals surface area contributed by atoms with Gasteiger partial charge in [0.05, 0.1) is 7.11 Å². The van der Waals surface area contributed by atoms with Crippen LogP contribution in [0.25, 0.3) is 0 Å². The lowest BCUT2D eigenvalue weighted by molar-refractivity contribution is 0.0653. The van der Waals surface area contributed by atoms with Crippen molar-refractivity contribution < 1.29 is 13.9 Å². The number of carbonyl (C=O) groups is 1.